The smallest absolute Gasteiger partial charge is 0.332 e. The van der Waals surface area contributed by atoms with Crippen LogP contribution in [-0.2, 0) is 16.0 Å². The Labute approximate surface area is 196 Å². The number of piperidine rings is 1. The van der Waals surface area contributed by atoms with E-state index in [2.05, 4.69) is 5.32 Å². The van der Waals surface area contributed by atoms with Gasteiger partial charge in [0.25, 0.3) is 11.8 Å². The Balaban J connectivity index is 1.48. The number of carboxylic acid groups (broad SMARTS) is 1. The van der Waals surface area contributed by atoms with Crippen molar-refractivity contribution in [3.05, 3.63) is 64.2 Å². The van der Waals surface area contributed by atoms with E-state index in [-0.39, 0.29) is 28.9 Å². The lowest BCUT2D eigenvalue weighted by molar-refractivity contribution is -0.139. The summed E-state index contributed by atoms with van der Waals surface area (Å²) in [5, 5.41) is 12.4. The molecule has 2 aliphatic rings. The summed E-state index contributed by atoms with van der Waals surface area (Å²) >= 11 is 6.12. The third kappa shape index (κ3) is 4.43. The number of imide groups is 1. The second-order valence-electron chi connectivity index (χ2n) is 8.33. The van der Waals surface area contributed by atoms with Crippen LogP contribution in [0.25, 0.3) is 0 Å². The Hall–Kier alpha value is -3.39. The number of carbonyl (C=O) groups is 4. The van der Waals surface area contributed by atoms with Gasteiger partial charge in [0.15, 0.2) is 0 Å². The number of hydrogen-bond donors (Lipinski definition) is 2. The van der Waals surface area contributed by atoms with E-state index in [4.69, 9.17) is 11.6 Å². The van der Waals surface area contributed by atoms with Crippen LogP contribution in [-0.4, -0.2) is 52.4 Å². The molecule has 2 atom stereocenters. The zero-order valence-electron chi connectivity index (χ0n) is 18.1. The summed E-state index contributed by atoms with van der Waals surface area (Å²) in [6.07, 6.45) is 2.51. The number of hydrogen-bond acceptors (Lipinski definition) is 4. The van der Waals surface area contributed by atoms with Crippen LogP contribution in [0.3, 0.4) is 0 Å². The summed E-state index contributed by atoms with van der Waals surface area (Å²) in [4.78, 5) is 52.7. The lowest BCUT2D eigenvalue weighted by atomic mass is 10.0. The van der Waals surface area contributed by atoms with Crippen LogP contribution in [0.1, 0.15) is 40.7 Å². The molecule has 33 heavy (non-hydrogen) atoms. The van der Waals surface area contributed by atoms with Gasteiger partial charge in [-0.1, -0.05) is 35.9 Å². The van der Waals surface area contributed by atoms with Gasteiger partial charge in [-0.2, -0.15) is 0 Å². The first-order chi connectivity index (χ1) is 15.8. The standard InChI is InChI=1S/C24H24ClN3O5/c1-14-5-4-6-17(25)20(14)21(29)26-18(23(31)32)13-15-8-10-16(11-9-15)28-22(30)19-7-2-3-12-27(19)24(28)33/h4-6,8-11,18-19H,2-3,7,12-13H2,1H3,(H,26,29)(H,31,32)/t18-,19-/m0/s1. The molecule has 172 valence electrons. The summed E-state index contributed by atoms with van der Waals surface area (Å²) in [7, 11) is 0. The van der Waals surface area contributed by atoms with Crippen LogP contribution in [0.5, 0.6) is 0 Å². The quantitative estimate of drug-likeness (QED) is 0.630. The number of amides is 4. The molecule has 8 nitrogen and oxygen atoms in total. The molecule has 2 fully saturated rings. The van der Waals surface area contributed by atoms with E-state index < -0.39 is 24.0 Å². The number of carboxylic acids is 1. The molecule has 0 saturated carbocycles. The highest BCUT2D eigenvalue weighted by Crippen LogP contribution is 2.30. The van der Waals surface area contributed by atoms with Gasteiger partial charge in [-0.15, -0.1) is 0 Å². The molecule has 4 rings (SSSR count). The van der Waals surface area contributed by atoms with E-state index in [1.807, 2.05) is 0 Å². The number of halogens is 1. The number of anilines is 1. The second-order valence-corrected chi connectivity index (χ2v) is 8.73. The fourth-order valence-corrected chi connectivity index (χ4v) is 4.70. The molecule has 9 heteroatoms. The highest BCUT2D eigenvalue weighted by atomic mass is 35.5. The molecule has 2 heterocycles. The molecule has 0 aliphatic carbocycles. The van der Waals surface area contributed by atoms with Crippen LogP contribution >= 0.6 is 11.6 Å². The molecule has 0 bridgehead atoms. The third-order valence-electron chi connectivity index (χ3n) is 6.13. The van der Waals surface area contributed by atoms with E-state index in [1.165, 1.54) is 4.90 Å². The number of nitrogens with one attached hydrogen (secondary N) is 1. The summed E-state index contributed by atoms with van der Waals surface area (Å²) in [5.41, 5.74) is 1.97. The Morgan fingerprint density at radius 1 is 1.15 bits per heavy atom. The molecule has 0 spiro atoms. The molecule has 0 radical (unpaired) electrons. The van der Waals surface area contributed by atoms with Crippen molar-refractivity contribution in [3.63, 3.8) is 0 Å². The summed E-state index contributed by atoms with van der Waals surface area (Å²) in [6, 6.07) is 9.70. The fourth-order valence-electron chi connectivity index (χ4n) is 4.39. The van der Waals surface area contributed by atoms with Crippen molar-refractivity contribution in [1.82, 2.24) is 10.2 Å². The van der Waals surface area contributed by atoms with Crippen LogP contribution in [0.2, 0.25) is 5.02 Å². The molecule has 2 aromatic carbocycles. The van der Waals surface area contributed by atoms with Crippen molar-refractivity contribution in [2.45, 2.75) is 44.7 Å². The van der Waals surface area contributed by atoms with Crippen molar-refractivity contribution in [3.8, 4) is 0 Å². The lowest BCUT2D eigenvalue weighted by Crippen LogP contribution is -2.42. The SMILES string of the molecule is Cc1cccc(Cl)c1C(=O)N[C@@H](Cc1ccc(N2C(=O)[C@@H]3CCCCN3C2=O)cc1)C(=O)O. The predicted molar refractivity (Wildman–Crippen MR) is 122 cm³/mol. The molecular weight excluding hydrogens is 446 g/mol. The number of benzene rings is 2. The zero-order chi connectivity index (χ0) is 23.7. The largest absolute Gasteiger partial charge is 0.480 e. The van der Waals surface area contributed by atoms with Gasteiger partial charge in [0.1, 0.15) is 12.1 Å². The minimum absolute atomic E-state index is 0.0293. The highest BCUT2D eigenvalue weighted by molar-refractivity contribution is 6.34. The Kier molecular flexibility index (Phi) is 6.37. The van der Waals surface area contributed by atoms with Crippen LogP contribution < -0.4 is 10.2 Å². The number of carbonyl (C=O) groups excluding carboxylic acids is 3. The number of nitrogens with zero attached hydrogens (tertiary/aromatic N) is 2. The molecule has 2 aliphatic heterocycles. The number of aryl methyl sites for hydroxylation is 1. The first kappa shape index (κ1) is 22.8. The Morgan fingerprint density at radius 3 is 2.52 bits per heavy atom. The van der Waals surface area contributed by atoms with Gasteiger partial charge in [0.2, 0.25) is 0 Å². The van der Waals surface area contributed by atoms with Gasteiger partial charge < -0.3 is 15.3 Å². The topological polar surface area (TPSA) is 107 Å². The second kappa shape index (κ2) is 9.23. The number of aliphatic carboxylic acids is 1. The monoisotopic (exact) mass is 469 g/mol. The normalized spacial score (nSPS) is 18.8. The average Bonchev–Trinajstić information content (AvgIpc) is 3.04. The molecule has 2 N–H and O–H groups in total. The Bertz CT molecular complexity index is 1070. The number of urea groups is 1. The maximum absolute atomic E-state index is 12.7. The van der Waals surface area contributed by atoms with E-state index in [9.17, 15) is 24.3 Å². The number of rotatable bonds is 6. The molecular formula is C24H24ClN3O5. The van der Waals surface area contributed by atoms with Gasteiger partial charge >= 0.3 is 12.0 Å². The Morgan fingerprint density at radius 2 is 1.88 bits per heavy atom. The summed E-state index contributed by atoms with van der Waals surface area (Å²) in [6.45, 7) is 2.30. The molecule has 0 unspecified atom stereocenters. The van der Waals surface area contributed by atoms with Crippen LogP contribution in [0, 0.1) is 6.92 Å². The first-order valence-electron chi connectivity index (χ1n) is 10.8. The van der Waals surface area contributed by atoms with Gasteiger partial charge in [0, 0.05) is 13.0 Å². The maximum Gasteiger partial charge on any atom is 0.332 e. The van der Waals surface area contributed by atoms with Crippen LogP contribution in [0.15, 0.2) is 42.5 Å². The highest BCUT2D eigenvalue weighted by Gasteiger charge is 2.46. The van der Waals surface area contributed by atoms with Gasteiger partial charge in [-0.05, 0) is 55.5 Å². The van der Waals surface area contributed by atoms with Crippen molar-refractivity contribution in [1.29, 1.82) is 0 Å². The van der Waals surface area contributed by atoms with E-state index >= 15 is 0 Å². The van der Waals surface area contributed by atoms with Crippen molar-refractivity contribution in [2.75, 3.05) is 11.4 Å². The van der Waals surface area contributed by atoms with Crippen LogP contribution in [0.4, 0.5) is 10.5 Å². The lowest BCUT2D eigenvalue weighted by Gasteiger charge is -2.25. The average molecular weight is 470 g/mol. The third-order valence-corrected chi connectivity index (χ3v) is 6.45. The molecule has 0 aromatic heterocycles. The number of fused-ring (bicyclic) bond motifs is 1. The first-order valence-corrected chi connectivity index (χ1v) is 11.2. The molecule has 2 saturated heterocycles. The van der Waals surface area contributed by atoms with Crippen molar-refractivity contribution >= 4 is 41.1 Å². The molecule has 4 amide bonds. The van der Waals surface area contributed by atoms with Gasteiger partial charge in [-0.3, -0.25) is 9.59 Å². The fraction of sp³-hybridized carbons (Fsp3) is 0.333. The van der Waals surface area contributed by atoms with E-state index in [0.717, 1.165) is 12.8 Å². The summed E-state index contributed by atoms with van der Waals surface area (Å²) in [5.74, 6) is -1.97. The molecule has 2 aromatic rings. The van der Waals surface area contributed by atoms with E-state index in [1.54, 1.807) is 54.3 Å². The van der Waals surface area contributed by atoms with Gasteiger partial charge in [0.05, 0.1) is 16.3 Å². The van der Waals surface area contributed by atoms with Gasteiger partial charge in [-0.25, -0.2) is 14.5 Å². The maximum atomic E-state index is 12.7. The van der Waals surface area contributed by atoms with E-state index in [0.29, 0.717) is 29.8 Å². The minimum atomic E-state index is -1.18. The minimum Gasteiger partial charge on any atom is -0.480 e. The zero-order valence-corrected chi connectivity index (χ0v) is 18.8. The predicted octanol–water partition coefficient (Wildman–Crippen LogP) is 3.40. The summed E-state index contributed by atoms with van der Waals surface area (Å²) < 4.78 is 0. The van der Waals surface area contributed by atoms with Crippen molar-refractivity contribution in [2.24, 2.45) is 0 Å². The van der Waals surface area contributed by atoms with Crippen molar-refractivity contribution < 1.29 is 24.3 Å².